The highest BCUT2D eigenvalue weighted by atomic mass is 16.7. The van der Waals surface area contributed by atoms with Gasteiger partial charge in [-0.25, -0.2) is 4.98 Å². The van der Waals surface area contributed by atoms with Gasteiger partial charge in [-0.2, -0.15) is 0 Å². The van der Waals surface area contributed by atoms with Gasteiger partial charge in [0.1, 0.15) is 5.82 Å². The molecular weight excluding hydrogens is 294 g/mol. The summed E-state index contributed by atoms with van der Waals surface area (Å²) in [5.41, 5.74) is 2.28. The minimum atomic E-state index is 0.243. The topological polar surface area (TPSA) is 55.9 Å². The average molecular weight is 315 g/mol. The maximum atomic E-state index is 5.44. The summed E-state index contributed by atoms with van der Waals surface area (Å²) < 4.78 is 16.2. The summed E-state index contributed by atoms with van der Waals surface area (Å²) in [4.78, 5) is 6.31. The summed E-state index contributed by atoms with van der Waals surface area (Å²) in [6, 6.07) is 8.04. The molecule has 1 aliphatic heterocycles. The smallest absolute Gasteiger partial charge is 0.231 e. The van der Waals surface area contributed by atoms with Crippen molar-refractivity contribution in [3.05, 3.63) is 41.6 Å². The maximum Gasteiger partial charge on any atom is 0.231 e. The van der Waals surface area contributed by atoms with Gasteiger partial charge in [-0.15, -0.1) is 0 Å². The number of fused-ring (bicyclic) bond motifs is 1. The van der Waals surface area contributed by atoms with Gasteiger partial charge in [0.2, 0.25) is 12.5 Å². The van der Waals surface area contributed by atoms with Gasteiger partial charge in [0.05, 0.1) is 7.11 Å². The fourth-order valence-corrected chi connectivity index (χ4v) is 2.45. The molecule has 6 heteroatoms. The van der Waals surface area contributed by atoms with E-state index in [0.717, 1.165) is 23.7 Å². The van der Waals surface area contributed by atoms with E-state index in [1.165, 1.54) is 5.56 Å². The molecule has 0 saturated carbocycles. The van der Waals surface area contributed by atoms with Crippen LogP contribution in [0.1, 0.15) is 11.1 Å². The van der Waals surface area contributed by atoms with Gasteiger partial charge in [0, 0.05) is 33.4 Å². The molecule has 0 amide bonds. The Morgan fingerprint density at radius 2 is 2.00 bits per heavy atom. The van der Waals surface area contributed by atoms with E-state index >= 15 is 0 Å². The van der Waals surface area contributed by atoms with E-state index in [-0.39, 0.29) is 6.79 Å². The van der Waals surface area contributed by atoms with Crippen LogP contribution in [0.3, 0.4) is 0 Å². The first-order chi connectivity index (χ1) is 11.2. The third kappa shape index (κ3) is 3.48. The molecule has 0 radical (unpaired) electrons. The molecule has 0 bridgehead atoms. The largest absolute Gasteiger partial charge is 0.493 e. The molecule has 2 heterocycles. The lowest BCUT2D eigenvalue weighted by molar-refractivity contribution is 0.171. The van der Waals surface area contributed by atoms with Gasteiger partial charge in [0.25, 0.3) is 0 Å². The lowest BCUT2D eigenvalue weighted by Crippen LogP contribution is -2.15. The number of hydrogen-bond donors (Lipinski definition) is 1. The second-order valence-corrected chi connectivity index (χ2v) is 5.55. The minimum Gasteiger partial charge on any atom is -0.493 e. The van der Waals surface area contributed by atoms with Crippen LogP contribution in [0, 0.1) is 0 Å². The van der Waals surface area contributed by atoms with Gasteiger partial charge >= 0.3 is 0 Å². The van der Waals surface area contributed by atoms with E-state index in [1.54, 1.807) is 7.11 Å². The summed E-state index contributed by atoms with van der Waals surface area (Å²) in [6.07, 6.45) is 1.83. The molecule has 0 saturated heterocycles. The molecule has 6 nitrogen and oxygen atoms in total. The summed E-state index contributed by atoms with van der Waals surface area (Å²) in [5.74, 6) is 3.07. The average Bonchev–Trinajstić information content (AvgIpc) is 3.03. The van der Waals surface area contributed by atoms with Crippen LogP contribution in [-0.2, 0) is 13.1 Å². The molecule has 1 aromatic heterocycles. The number of benzene rings is 1. The van der Waals surface area contributed by atoms with Crippen molar-refractivity contribution in [3.63, 3.8) is 0 Å². The molecule has 2 aromatic rings. The van der Waals surface area contributed by atoms with Crippen LogP contribution in [-0.4, -0.2) is 33.0 Å². The van der Waals surface area contributed by atoms with Crippen molar-refractivity contribution in [1.82, 2.24) is 10.3 Å². The minimum absolute atomic E-state index is 0.243. The molecule has 1 aliphatic rings. The number of anilines is 1. The summed E-state index contributed by atoms with van der Waals surface area (Å²) in [7, 11) is 5.60. The number of rotatable bonds is 6. The molecule has 0 atom stereocenters. The Labute approximate surface area is 136 Å². The van der Waals surface area contributed by atoms with Crippen LogP contribution in [0.15, 0.2) is 30.5 Å². The van der Waals surface area contributed by atoms with Crippen LogP contribution >= 0.6 is 0 Å². The summed E-state index contributed by atoms with van der Waals surface area (Å²) >= 11 is 0. The fraction of sp³-hybridized carbons (Fsp3) is 0.353. The van der Waals surface area contributed by atoms with Crippen molar-refractivity contribution in [3.8, 4) is 17.2 Å². The lowest BCUT2D eigenvalue weighted by atomic mass is 10.1. The quantitative estimate of drug-likeness (QED) is 0.882. The van der Waals surface area contributed by atoms with E-state index in [1.807, 2.05) is 43.4 Å². The summed E-state index contributed by atoms with van der Waals surface area (Å²) in [6.45, 7) is 1.72. The predicted octanol–water partition coefficient (Wildman–Crippen LogP) is 2.17. The Morgan fingerprint density at radius 1 is 1.17 bits per heavy atom. The number of aromatic nitrogens is 1. The summed E-state index contributed by atoms with van der Waals surface area (Å²) in [5, 5.41) is 3.43. The Balaban J connectivity index is 1.64. The molecule has 122 valence electrons. The van der Waals surface area contributed by atoms with Gasteiger partial charge in [-0.1, -0.05) is 0 Å². The first kappa shape index (κ1) is 15.4. The van der Waals surface area contributed by atoms with E-state index < -0.39 is 0 Å². The van der Waals surface area contributed by atoms with E-state index in [4.69, 9.17) is 14.2 Å². The van der Waals surface area contributed by atoms with Crippen molar-refractivity contribution in [2.24, 2.45) is 0 Å². The molecule has 1 N–H and O–H groups in total. The number of hydrogen-bond acceptors (Lipinski definition) is 6. The van der Waals surface area contributed by atoms with Crippen LogP contribution in [0.5, 0.6) is 17.2 Å². The van der Waals surface area contributed by atoms with Crippen LogP contribution in [0.2, 0.25) is 0 Å². The van der Waals surface area contributed by atoms with Gasteiger partial charge < -0.3 is 24.4 Å². The highest BCUT2D eigenvalue weighted by Crippen LogP contribution is 2.41. The molecule has 0 fully saturated rings. The van der Waals surface area contributed by atoms with Crippen LogP contribution in [0.4, 0.5) is 5.82 Å². The van der Waals surface area contributed by atoms with Gasteiger partial charge in [0.15, 0.2) is 11.5 Å². The highest BCUT2D eigenvalue weighted by Gasteiger charge is 2.19. The molecular formula is C17H21N3O3. The Morgan fingerprint density at radius 3 is 2.78 bits per heavy atom. The Hall–Kier alpha value is -2.47. The van der Waals surface area contributed by atoms with Crippen molar-refractivity contribution >= 4 is 5.82 Å². The second kappa shape index (κ2) is 6.75. The third-order valence-electron chi connectivity index (χ3n) is 3.64. The van der Waals surface area contributed by atoms with Crippen molar-refractivity contribution in [2.75, 3.05) is 32.9 Å². The van der Waals surface area contributed by atoms with Gasteiger partial charge in [-0.3, -0.25) is 0 Å². The number of pyridine rings is 1. The first-order valence-electron chi connectivity index (χ1n) is 7.47. The number of methoxy groups -OCH3 is 1. The standard InChI is InChI=1S/C17H21N3O3/c1-20(2)16-8-12(4-5-19-16)9-18-10-13-6-14(21-3)17-15(7-13)22-11-23-17/h4-8,18H,9-11H2,1-3H3. The zero-order valence-corrected chi connectivity index (χ0v) is 13.6. The van der Waals surface area contributed by atoms with Crippen LogP contribution < -0.4 is 24.4 Å². The maximum absolute atomic E-state index is 5.44. The predicted molar refractivity (Wildman–Crippen MR) is 88.2 cm³/mol. The van der Waals surface area contributed by atoms with Crippen molar-refractivity contribution in [1.29, 1.82) is 0 Å². The van der Waals surface area contributed by atoms with E-state index in [9.17, 15) is 0 Å². The Bertz CT molecular complexity index is 689. The molecule has 0 unspecified atom stereocenters. The molecule has 23 heavy (non-hydrogen) atoms. The Kier molecular flexibility index (Phi) is 4.52. The van der Waals surface area contributed by atoms with Crippen LogP contribution in [0.25, 0.3) is 0 Å². The zero-order valence-electron chi connectivity index (χ0n) is 13.6. The molecule has 0 spiro atoms. The number of nitrogens with one attached hydrogen (secondary N) is 1. The molecule has 3 rings (SSSR count). The third-order valence-corrected chi connectivity index (χ3v) is 3.64. The number of ether oxygens (including phenoxy) is 3. The van der Waals surface area contributed by atoms with E-state index in [2.05, 4.69) is 16.4 Å². The first-order valence-corrected chi connectivity index (χ1v) is 7.47. The highest BCUT2D eigenvalue weighted by molar-refractivity contribution is 5.55. The van der Waals surface area contributed by atoms with Crippen molar-refractivity contribution < 1.29 is 14.2 Å². The fourth-order valence-electron chi connectivity index (χ4n) is 2.45. The molecule has 0 aliphatic carbocycles. The second-order valence-electron chi connectivity index (χ2n) is 5.55. The number of nitrogens with zero attached hydrogens (tertiary/aromatic N) is 2. The molecule has 1 aromatic carbocycles. The SMILES string of the molecule is COc1cc(CNCc2ccnc(N(C)C)c2)cc2c1OCO2. The monoisotopic (exact) mass is 315 g/mol. The lowest BCUT2D eigenvalue weighted by Gasteiger charge is -2.13. The zero-order chi connectivity index (χ0) is 16.2. The van der Waals surface area contributed by atoms with Gasteiger partial charge in [-0.05, 0) is 35.4 Å². The van der Waals surface area contributed by atoms with Crippen molar-refractivity contribution in [2.45, 2.75) is 13.1 Å². The normalized spacial score (nSPS) is 12.3. The van der Waals surface area contributed by atoms with E-state index in [0.29, 0.717) is 18.0 Å².